The summed E-state index contributed by atoms with van der Waals surface area (Å²) in [5.74, 6) is -1.08. The summed E-state index contributed by atoms with van der Waals surface area (Å²) in [6, 6.07) is 29.5. The Hall–Kier alpha value is -5.87. The molecule has 264 valence electrons. The Balaban J connectivity index is 1.08. The number of fused-ring (bicyclic) bond motifs is 1. The van der Waals surface area contributed by atoms with Crippen molar-refractivity contribution in [1.82, 2.24) is 20.5 Å². The predicted octanol–water partition coefficient (Wildman–Crippen LogP) is 5.81. The summed E-state index contributed by atoms with van der Waals surface area (Å²) in [6.07, 6.45) is 3.29. The number of rotatable bonds is 10. The van der Waals surface area contributed by atoms with Crippen LogP contribution in [0.2, 0.25) is 0 Å². The molecule has 4 aromatic carbocycles. The summed E-state index contributed by atoms with van der Waals surface area (Å²) >= 11 is 0. The van der Waals surface area contributed by atoms with E-state index in [1.54, 1.807) is 17.0 Å². The number of Topliss-reactive ketones (excluding diaryl/α,β-unsaturated/α-hetero) is 1. The summed E-state index contributed by atoms with van der Waals surface area (Å²) in [5.41, 5.74) is 6.76. The van der Waals surface area contributed by atoms with Gasteiger partial charge in [0.05, 0.1) is 30.1 Å². The first-order valence-electron chi connectivity index (χ1n) is 17.8. The summed E-state index contributed by atoms with van der Waals surface area (Å²) < 4.78 is 0. The Kier molecular flexibility index (Phi) is 10.1. The van der Waals surface area contributed by atoms with E-state index in [1.807, 2.05) is 84.9 Å². The van der Waals surface area contributed by atoms with E-state index in [2.05, 4.69) is 20.9 Å². The lowest BCUT2D eigenvalue weighted by atomic mass is 9.95. The van der Waals surface area contributed by atoms with E-state index < -0.39 is 6.04 Å². The summed E-state index contributed by atoms with van der Waals surface area (Å²) in [6.45, 7) is 2.84. The monoisotopic (exact) mass is 695 g/mol. The van der Waals surface area contributed by atoms with Crippen molar-refractivity contribution in [3.8, 4) is 22.4 Å². The van der Waals surface area contributed by atoms with Crippen LogP contribution >= 0.6 is 0 Å². The van der Waals surface area contributed by atoms with Crippen molar-refractivity contribution in [2.24, 2.45) is 0 Å². The highest BCUT2D eigenvalue weighted by Crippen LogP contribution is 2.34. The Labute approximate surface area is 302 Å². The number of nitrogens with zero attached hydrogens (tertiary/aromatic N) is 1. The minimum Gasteiger partial charge on any atom is -0.354 e. The Morgan fingerprint density at radius 2 is 1.54 bits per heavy atom. The standard InChI is InChI=1S/C42H41N5O5/c1-26(48)39-33-25-31(44-42(52)36-14-8-22-47(36)38(50)23-27-9-3-2-4-10-27)19-20-34(33)45-40(39)29-17-15-28(16-18-29)32-12-6-5-11-30(32)24-37(49)46-41(51)35-13-7-21-43-35/h2-6,9-12,15-20,25,35-36,43,45H,7-8,13-14,21-24H2,1H3,(H,44,52)(H,46,49,51)/t35-,36-/m0/s1. The van der Waals surface area contributed by atoms with Crippen molar-refractivity contribution in [3.05, 3.63) is 114 Å². The van der Waals surface area contributed by atoms with Gasteiger partial charge in [-0.3, -0.25) is 29.3 Å². The van der Waals surface area contributed by atoms with Crippen molar-refractivity contribution in [3.63, 3.8) is 0 Å². The lowest BCUT2D eigenvalue weighted by Gasteiger charge is -2.24. The van der Waals surface area contributed by atoms with Crippen LogP contribution in [0.1, 0.15) is 54.1 Å². The van der Waals surface area contributed by atoms with Crippen molar-refractivity contribution in [2.45, 2.75) is 57.5 Å². The number of nitrogens with one attached hydrogen (secondary N) is 4. The van der Waals surface area contributed by atoms with Crippen LogP contribution in [0.15, 0.2) is 97.1 Å². The molecule has 7 rings (SSSR count). The molecule has 0 bridgehead atoms. The number of benzene rings is 4. The topological polar surface area (TPSA) is 140 Å². The van der Waals surface area contributed by atoms with E-state index in [-0.39, 0.29) is 48.3 Å². The number of likely N-dealkylation sites (tertiary alicyclic amines) is 1. The summed E-state index contributed by atoms with van der Waals surface area (Å²) in [5, 5.41) is 9.34. The molecular formula is C42H41N5O5. The maximum atomic E-state index is 13.5. The first-order chi connectivity index (χ1) is 25.2. The zero-order valence-corrected chi connectivity index (χ0v) is 29.0. The van der Waals surface area contributed by atoms with Crippen LogP contribution in [0.25, 0.3) is 33.3 Å². The minimum absolute atomic E-state index is 0.0640. The van der Waals surface area contributed by atoms with Crippen LogP contribution in [0, 0.1) is 0 Å². The molecule has 0 radical (unpaired) electrons. The molecule has 2 atom stereocenters. The molecule has 0 spiro atoms. The highest BCUT2D eigenvalue weighted by Gasteiger charge is 2.34. The minimum atomic E-state index is -0.560. The predicted molar refractivity (Wildman–Crippen MR) is 201 cm³/mol. The first-order valence-corrected chi connectivity index (χ1v) is 17.8. The number of imide groups is 1. The molecule has 4 amide bonds. The molecule has 5 aromatic rings. The van der Waals surface area contributed by atoms with Gasteiger partial charge in [-0.15, -0.1) is 0 Å². The van der Waals surface area contributed by atoms with Crippen molar-refractivity contribution < 1.29 is 24.0 Å². The maximum absolute atomic E-state index is 13.5. The average molecular weight is 696 g/mol. The molecule has 0 saturated carbocycles. The van der Waals surface area contributed by atoms with Crippen LogP contribution in [0.5, 0.6) is 0 Å². The molecule has 0 unspecified atom stereocenters. The Morgan fingerprint density at radius 1 is 0.788 bits per heavy atom. The number of hydrogen-bond acceptors (Lipinski definition) is 6. The fourth-order valence-electron chi connectivity index (χ4n) is 7.41. The van der Waals surface area contributed by atoms with Gasteiger partial charge in [0.1, 0.15) is 6.04 Å². The van der Waals surface area contributed by atoms with E-state index in [4.69, 9.17) is 0 Å². The molecule has 52 heavy (non-hydrogen) atoms. The van der Waals surface area contributed by atoms with E-state index in [1.165, 1.54) is 6.92 Å². The molecule has 4 N–H and O–H groups in total. The Morgan fingerprint density at radius 3 is 2.29 bits per heavy atom. The average Bonchev–Trinajstić information content (AvgIpc) is 3.93. The third-order valence-corrected chi connectivity index (χ3v) is 9.98. The fourth-order valence-corrected chi connectivity index (χ4v) is 7.41. The lowest BCUT2D eigenvalue weighted by Crippen LogP contribution is -2.43. The number of H-pyrrole nitrogens is 1. The van der Waals surface area contributed by atoms with Crippen LogP contribution in [0.4, 0.5) is 5.69 Å². The second-order valence-electron chi connectivity index (χ2n) is 13.6. The van der Waals surface area contributed by atoms with Gasteiger partial charge in [0, 0.05) is 23.1 Å². The quantitative estimate of drug-likeness (QED) is 0.136. The molecule has 1 aromatic heterocycles. The van der Waals surface area contributed by atoms with Gasteiger partial charge in [-0.1, -0.05) is 78.9 Å². The Bertz CT molecular complexity index is 2150. The summed E-state index contributed by atoms with van der Waals surface area (Å²) in [7, 11) is 0. The molecule has 2 aliphatic rings. The van der Waals surface area contributed by atoms with Crippen LogP contribution < -0.4 is 16.0 Å². The van der Waals surface area contributed by atoms with Gasteiger partial charge in [-0.25, -0.2) is 0 Å². The van der Waals surface area contributed by atoms with Gasteiger partial charge in [-0.05, 0) is 85.2 Å². The molecule has 2 saturated heterocycles. The van der Waals surface area contributed by atoms with Crippen LogP contribution in [0.3, 0.4) is 0 Å². The number of hydrogen-bond donors (Lipinski definition) is 4. The van der Waals surface area contributed by atoms with Crippen LogP contribution in [-0.4, -0.2) is 64.5 Å². The highest BCUT2D eigenvalue weighted by atomic mass is 16.2. The maximum Gasteiger partial charge on any atom is 0.247 e. The third kappa shape index (κ3) is 7.43. The van der Waals surface area contributed by atoms with E-state index in [0.29, 0.717) is 35.3 Å². The van der Waals surface area contributed by atoms with Crippen molar-refractivity contribution >= 4 is 46.0 Å². The van der Waals surface area contributed by atoms with Gasteiger partial charge < -0.3 is 20.5 Å². The second kappa shape index (κ2) is 15.2. The fraction of sp³-hybridized carbons (Fsp3) is 0.262. The number of carbonyl (C=O) groups is 5. The highest BCUT2D eigenvalue weighted by molar-refractivity contribution is 6.13. The number of anilines is 1. The first kappa shape index (κ1) is 34.6. The number of ketones is 1. The van der Waals surface area contributed by atoms with Gasteiger partial charge in [0.2, 0.25) is 23.6 Å². The molecule has 10 heteroatoms. The van der Waals surface area contributed by atoms with Gasteiger partial charge in [0.15, 0.2) is 5.78 Å². The zero-order chi connectivity index (χ0) is 36.2. The summed E-state index contributed by atoms with van der Waals surface area (Å²) in [4.78, 5) is 70.1. The molecule has 0 aliphatic carbocycles. The molecule has 3 heterocycles. The van der Waals surface area contributed by atoms with Crippen molar-refractivity contribution in [1.29, 1.82) is 0 Å². The molecule has 2 fully saturated rings. The van der Waals surface area contributed by atoms with Gasteiger partial charge in [-0.2, -0.15) is 0 Å². The van der Waals surface area contributed by atoms with Gasteiger partial charge in [0.25, 0.3) is 0 Å². The lowest BCUT2D eigenvalue weighted by molar-refractivity contribution is -0.136. The normalized spacial score (nSPS) is 16.9. The SMILES string of the molecule is CC(=O)c1c(-c2ccc(-c3ccccc3CC(=O)NC(=O)[C@@H]3CCCN3)cc2)[nH]c2ccc(NC(=O)[C@@H]3CCCN3C(=O)Cc3ccccc3)cc12. The third-order valence-electron chi connectivity index (χ3n) is 9.98. The molecular weight excluding hydrogens is 654 g/mol. The smallest absolute Gasteiger partial charge is 0.247 e. The zero-order valence-electron chi connectivity index (χ0n) is 29.0. The second-order valence-corrected chi connectivity index (χ2v) is 13.6. The number of aromatic amines is 1. The van der Waals surface area contributed by atoms with E-state index in [9.17, 15) is 24.0 Å². The van der Waals surface area contributed by atoms with Crippen molar-refractivity contribution in [2.75, 3.05) is 18.4 Å². The number of amides is 4. The van der Waals surface area contributed by atoms with E-state index in [0.717, 1.165) is 59.1 Å². The largest absolute Gasteiger partial charge is 0.354 e. The van der Waals surface area contributed by atoms with Crippen LogP contribution in [-0.2, 0) is 32.0 Å². The van der Waals surface area contributed by atoms with E-state index >= 15 is 0 Å². The number of carbonyl (C=O) groups excluding carboxylic acids is 5. The van der Waals surface area contributed by atoms with Gasteiger partial charge >= 0.3 is 0 Å². The molecule has 10 nitrogen and oxygen atoms in total. The molecule has 2 aliphatic heterocycles. The number of aromatic nitrogens is 1.